The lowest BCUT2D eigenvalue weighted by Gasteiger charge is -2.20. The summed E-state index contributed by atoms with van der Waals surface area (Å²) in [5.74, 6) is -0.996. The molecule has 4 nitrogen and oxygen atoms in total. The Morgan fingerprint density at radius 1 is 1.24 bits per heavy atom. The normalized spacial score (nSPS) is 12.4. The zero-order valence-corrected chi connectivity index (χ0v) is 13.7. The first-order chi connectivity index (χ1) is 9.73. The first-order valence-electron chi connectivity index (χ1n) is 6.77. The summed E-state index contributed by atoms with van der Waals surface area (Å²) in [4.78, 5) is 26.1. The molecule has 5 heteroatoms. The van der Waals surface area contributed by atoms with Crippen molar-refractivity contribution >= 4 is 17.3 Å². The van der Waals surface area contributed by atoms with E-state index in [9.17, 15) is 14.7 Å². The Morgan fingerprint density at radius 3 is 2.33 bits per heavy atom. The van der Waals surface area contributed by atoms with E-state index in [0.29, 0.717) is 11.3 Å². The summed E-state index contributed by atoms with van der Waals surface area (Å²) in [5, 5.41) is 9.36. The Hall–Kier alpha value is -1.88. The fourth-order valence-electron chi connectivity index (χ4n) is 2.91. The molecule has 2 aromatic heterocycles. The number of aromatic nitrogens is 1. The zero-order chi connectivity index (χ0) is 15.9. The van der Waals surface area contributed by atoms with Crippen LogP contribution in [0.5, 0.6) is 0 Å². The molecule has 0 bridgehead atoms. The van der Waals surface area contributed by atoms with Crippen LogP contribution in [0, 0.1) is 27.7 Å². The predicted octanol–water partition coefficient (Wildman–Crippen LogP) is 3.45. The van der Waals surface area contributed by atoms with Crippen LogP contribution in [-0.4, -0.2) is 15.6 Å². The number of pyridine rings is 1. The molecule has 0 spiro atoms. The molecule has 0 aliphatic heterocycles. The number of carboxylic acid groups (broad SMARTS) is 1. The van der Waals surface area contributed by atoms with Crippen molar-refractivity contribution in [3.8, 4) is 0 Å². The summed E-state index contributed by atoms with van der Waals surface area (Å²) in [6.45, 7) is 9.34. The molecule has 1 unspecified atom stereocenters. The number of hydrogen-bond acceptors (Lipinski definition) is 3. The van der Waals surface area contributed by atoms with Gasteiger partial charge in [-0.25, -0.2) is 4.79 Å². The van der Waals surface area contributed by atoms with Gasteiger partial charge in [-0.3, -0.25) is 4.79 Å². The van der Waals surface area contributed by atoms with Crippen molar-refractivity contribution < 1.29 is 9.90 Å². The number of aromatic carboxylic acids is 1. The van der Waals surface area contributed by atoms with Crippen LogP contribution in [0.3, 0.4) is 0 Å². The minimum atomic E-state index is -0.996. The Balaban J connectivity index is 2.69. The van der Waals surface area contributed by atoms with Crippen molar-refractivity contribution in [1.82, 2.24) is 4.57 Å². The van der Waals surface area contributed by atoms with E-state index < -0.39 is 5.97 Å². The van der Waals surface area contributed by atoms with Crippen molar-refractivity contribution in [2.75, 3.05) is 0 Å². The molecule has 0 aliphatic carbocycles. The van der Waals surface area contributed by atoms with Crippen LogP contribution in [0.15, 0.2) is 16.9 Å². The van der Waals surface area contributed by atoms with Gasteiger partial charge in [0.05, 0.1) is 11.6 Å². The van der Waals surface area contributed by atoms with Gasteiger partial charge in [0.15, 0.2) is 0 Å². The summed E-state index contributed by atoms with van der Waals surface area (Å²) < 4.78 is 1.57. The second-order valence-corrected chi connectivity index (χ2v) is 6.81. The maximum atomic E-state index is 12.3. The van der Waals surface area contributed by atoms with Gasteiger partial charge in [-0.2, -0.15) is 0 Å². The molecule has 21 heavy (non-hydrogen) atoms. The van der Waals surface area contributed by atoms with Crippen molar-refractivity contribution in [2.45, 2.75) is 40.7 Å². The number of carbonyl (C=O) groups is 1. The standard InChI is InChI=1S/C16H19NO3S/c1-8-6-14(18)17(11(4)15(8)16(19)20)10(3)13-7-9(2)21-12(13)5/h6-7,10H,1-5H3,(H,19,20). The Morgan fingerprint density at radius 2 is 1.86 bits per heavy atom. The lowest BCUT2D eigenvalue weighted by molar-refractivity contribution is 0.0694. The van der Waals surface area contributed by atoms with E-state index in [0.717, 1.165) is 10.4 Å². The van der Waals surface area contributed by atoms with Crippen molar-refractivity contribution in [2.24, 2.45) is 0 Å². The van der Waals surface area contributed by atoms with Gasteiger partial charge in [0.25, 0.3) is 5.56 Å². The molecule has 1 N–H and O–H groups in total. The van der Waals surface area contributed by atoms with Gasteiger partial charge in [0, 0.05) is 21.5 Å². The van der Waals surface area contributed by atoms with E-state index in [2.05, 4.69) is 6.07 Å². The number of rotatable bonds is 3. The van der Waals surface area contributed by atoms with Crippen LogP contribution >= 0.6 is 11.3 Å². The SMILES string of the molecule is Cc1cc(C(C)n2c(C)c(C(=O)O)c(C)cc2=O)c(C)s1. The highest BCUT2D eigenvalue weighted by atomic mass is 32.1. The molecule has 112 valence electrons. The van der Waals surface area contributed by atoms with Gasteiger partial charge < -0.3 is 9.67 Å². The summed E-state index contributed by atoms with van der Waals surface area (Å²) in [6.07, 6.45) is 0. The fourth-order valence-corrected chi connectivity index (χ4v) is 3.92. The third-order valence-electron chi connectivity index (χ3n) is 3.83. The predicted molar refractivity (Wildman–Crippen MR) is 84.7 cm³/mol. The first-order valence-corrected chi connectivity index (χ1v) is 7.58. The molecule has 0 amide bonds. The highest BCUT2D eigenvalue weighted by Crippen LogP contribution is 2.29. The van der Waals surface area contributed by atoms with Crippen LogP contribution in [-0.2, 0) is 0 Å². The molecule has 2 aromatic rings. The fraction of sp³-hybridized carbons (Fsp3) is 0.375. The molecule has 0 saturated heterocycles. The molecule has 2 heterocycles. The van der Waals surface area contributed by atoms with Crippen molar-refractivity contribution in [3.63, 3.8) is 0 Å². The first kappa shape index (κ1) is 15.5. The van der Waals surface area contributed by atoms with Crippen molar-refractivity contribution in [3.05, 3.63) is 54.6 Å². The van der Waals surface area contributed by atoms with Gasteiger partial charge >= 0.3 is 5.97 Å². The highest BCUT2D eigenvalue weighted by molar-refractivity contribution is 7.12. The van der Waals surface area contributed by atoms with Crippen LogP contribution < -0.4 is 5.56 Å². The molecule has 0 aliphatic rings. The molecular weight excluding hydrogens is 286 g/mol. The topological polar surface area (TPSA) is 59.3 Å². The number of carboxylic acids is 1. The van der Waals surface area contributed by atoms with E-state index in [1.54, 1.807) is 29.8 Å². The molecule has 2 rings (SSSR count). The number of hydrogen-bond donors (Lipinski definition) is 1. The summed E-state index contributed by atoms with van der Waals surface area (Å²) >= 11 is 1.69. The Kier molecular flexibility index (Phi) is 4.05. The van der Waals surface area contributed by atoms with Gasteiger partial charge in [0.1, 0.15) is 0 Å². The molecule has 0 fully saturated rings. The van der Waals surface area contributed by atoms with Crippen LogP contribution in [0.2, 0.25) is 0 Å². The number of thiophene rings is 1. The molecule has 0 saturated carbocycles. The number of aryl methyl sites for hydroxylation is 3. The quantitative estimate of drug-likeness (QED) is 0.945. The Labute approximate surface area is 127 Å². The minimum absolute atomic E-state index is 0.161. The summed E-state index contributed by atoms with van der Waals surface area (Å²) in [7, 11) is 0. The van der Waals surface area contributed by atoms with Gasteiger partial charge in [-0.15, -0.1) is 11.3 Å². The third kappa shape index (κ3) is 2.65. The summed E-state index contributed by atoms with van der Waals surface area (Å²) in [6, 6.07) is 3.29. The average Bonchev–Trinajstić information content (AvgIpc) is 2.66. The molecule has 0 aromatic carbocycles. The maximum absolute atomic E-state index is 12.3. The highest BCUT2D eigenvalue weighted by Gasteiger charge is 2.21. The lowest BCUT2D eigenvalue weighted by Crippen LogP contribution is -2.28. The summed E-state index contributed by atoms with van der Waals surface area (Å²) in [5.41, 5.74) is 2.13. The average molecular weight is 305 g/mol. The van der Waals surface area contributed by atoms with E-state index in [1.165, 1.54) is 10.9 Å². The third-order valence-corrected chi connectivity index (χ3v) is 4.81. The largest absolute Gasteiger partial charge is 0.478 e. The van der Waals surface area contributed by atoms with E-state index in [4.69, 9.17) is 0 Å². The maximum Gasteiger partial charge on any atom is 0.337 e. The Bertz CT molecular complexity index is 771. The van der Waals surface area contributed by atoms with Crippen molar-refractivity contribution in [1.29, 1.82) is 0 Å². The lowest BCUT2D eigenvalue weighted by atomic mass is 10.0. The second-order valence-electron chi connectivity index (χ2n) is 5.35. The monoisotopic (exact) mass is 305 g/mol. The zero-order valence-electron chi connectivity index (χ0n) is 12.9. The van der Waals surface area contributed by atoms with Gasteiger partial charge in [0.2, 0.25) is 0 Å². The second kappa shape index (κ2) is 5.48. The van der Waals surface area contributed by atoms with Crippen LogP contribution in [0.25, 0.3) is 0 Å². The van der Waals surface area contributed by atoms with E-state index in [1.807, 2.05) is 20.8 Å². The molecular formula is C16H19NO3S. The van der Waals surface area contributed by atoms with Gasteiger partial charge in [-0.1, -0.05) is 0 Å². The van der Waals surface area contributed by atoms with Gasteiger partial charge in [-0.05, 0) is 51.8 Å². The van der Waals surface area contributed by atoms with E-state index >= 15 is 0 Å². The van der Waals surface area contributed by atoms with Crippen LogP contribution in [0.1, 0.15) is 49.9 Å². The molecule has 1 atom stereocenters. The minimum Gasteiger partial charge on any atom is -0.478 e. The van der Waals surface area contributed by atoms with Crippen LogP contribution in [0.4, 0.5) is 0 Å². The molecule has 0 radical (unpaired) electrons. The van der Waals surface area contributed by atoms with E-state index in [-0.39, 0.29) is 17.2 Å². The smallest absolute Gasteiger partial charge is 0.337 e. The number of nitrogens with zero attached hydrogens (tertiary/aromatic N) is 1.